The van der Waals surface area contributed by atoms with E-state index in [1.807, 2.05) is 19.1 Å². The number of carbonyl (C=O) groups is 1. The van der Waals surface area contributed by atoms with E-state index in [2.05, 4.69) is 20.3 Å². The molecule has 3 atom stereocenters. The van der Waals surface area contributed by atoms with E-state index in [1.165, 1.54) is 10.7 Å². The number of aromatic nitrogens is 3. The average molecular weight is 470 g/mol. The normalized spacial score (nSPS) is 25.5. The van der Waals surface area contributed by atoms with E-state index in [0.29, 0.717) is 42.2 Å². The molecule has 1 amide bonds. The summed E-state index contributed by atoms with van der Waals surface area (Å²) in [5.74, 6) is 0.318. The molecule has 0 aliphatic carbocycles. The fourth-order valence-electron chi connectivity index (χ4n) is 5.16. The number of hydrogen-bond acceptors (Lipinski definition) is 7. The molecule has 5 heterocycles. The van der Waals surface area contributed by atoms with Crippen molar-refractivity contribution in [2.75, 3.05) is 36.5 Å². The topological polar surface area (TPSA) is 95.2 Å². The van der Waals surface area contributed by atoms with Crippen LogP contribution in [0.3, 0.4) is 0 Å². The molecule has 3 aliphatic heterocycles. The number of rotatable bonds is 6. The SMILES string of the molecule is C[C@]1(CO)Cc2cc(NC(=O)c3cnn4cccnc34)c(N3CC4C3CN4CC(F)F)cc2O1. The lowest BCUT2D eigenvalue weighted by Gasteiger charge is -2.63. The number of fused-ring (bicyclic) bond motifs is 3. The molecular formula is C23H24F2N6O3. The Hall–Kier alpha value is -3.31. The minimum Gasteiger partial charge on any atom is -0.484 e. The van der Waals surface area contributed by atoms with Crippen molar-refractivity contribution in [3.05, 3.63) is 47.9 Å². The second-order valence-electron chi connectivity index (χ2n) is 9.40. The molecule has 6 rings (SSSR count). The van der Waals surface area contributed by atoms with Crippen molar-refractivity contribution in [1.29, 1.82) is 0 Å². The molecule has 2 fully saturated rings. The summed E-state index contributed by atoms with van der Waals surface area (Å²) < 4.78 is 33.2. The van der Waals surface area contributed by atoms with Crippen LogP contribution in [0.4, 0.5) is 20.2 Å². The van der Waals surface area contributed by atoms with Gasteiger partial charge in [-0.2, -0.15) is 5.10 Å². The molecule has 3 aromatic rings. The Morgan fingerprint density at radius 2 is 2.21 bits per heavy atom. The first-order valence-corrected chi connectivity index (χ1v) is 11.2. The van der Waals surface area contributed by atoms with Crippen LogP contribution in [0.2, 0.25) is 0 Å². The van der Waals surface area contributed by atoms with Crippen LogP contribution in [0.15, 0.2) is 36.8 Å². The van der Waals surface area contributed by atoms with Crippen molar-refractivity contribution < 1.29 is 23.4 Å². The fraction of sp³-hybridized carbons (Fsp3) is 0.435. The highest BCUT2D eigenvalue weighted by atomic mass is 19.3. The third kappa shape index (κ3) is 3.30. The molecule has 0 saturated carbocycles. The van der Waals surface area contributed by atoms with Gasteiger partial charge in [0.25, 0.3) is 12.3 Å². The van der Waals surface area contributed by atoms with Gasteiger partial charge in [0.05, 0.1) is 36.8 Å². The quantitative estimate of drug-likeness (QED) is 0.567. The zero-order valence-corrected chi connectivity index (χ0v) is 18.5. The standard InChI is InChI=1S/C23H24F2N6O3/c1-23(12-32)7-13-5-15(28-22(33)14-8-27-31-4-2-3-26-21(14)31)16(6-19(13)34-23)30-10-17-18(30)9-29(17)11-20(24)25/h2-6,8,17-18,20,32H,7,9-12H2,1H3,(H,28,33)/t17?,18?,23-/m1/s1. The van der Waals surface area contributed by atoms with Gasteiger partial charge >= 0.3 is 0 Å². The molecule has 2 unspecified atom stereocenters. The molecule has 2 N–H and O–H groups in total. The van der Waals surface area contributed by atoms with Crippen LogP contribution in [0, 0.1) is 0 Å². The Bertz CT molecular complexity index is 1280. The van der Waals surface area contributed by atoms with E-state index in [0.717, 1.165) is 11.3 Å². The van der Waals surface area contributed by atoms with Gasteiger partial charge in [-0.15, -0.1) is 0 Å². The fourth-order valence-corrected chi connectivity index (χ4v) is 5.16. The van der Waals surface area contributed by atoms with Gasteiger partial charge in [-0.3, -0.25) is 9.69 Å². The summed E-state index contributed by atoms with van der Waals surface area (Å²) >= 11 is 0. The number of likely N-dealkylation sites (tertiary alicyclic amines) is 1. The molecular weight excluding hydrogens is 446 g/mol. The molecule has 2 saturated heterocycles. The van der Waals surface area contributed by atoms with Crippen molar-refractivity contribution in [2.24, 2.45) is 0 Å². The van der Waals surface area contributed by atoms with Crippen molar-refractivity contribution in [3.63, 3.8) is 0 Å². The predicted octanol–water partition coefficient (Wildman–Crippen LogP) is 1.81. The molecule has 0 spiro atoms. The number of amides is 1. The first-order valence-electron chi connectivity index (χ1n) is 11.2. The minimum absolute atomic E-state index is 0.0817. The van der Waals surface area contributed by atoms with Gasteiger partial charge in [0.1, 0.15) is 16.9 Å². The maximum Gasteiger partial charge on any atom is 0.261 e. The zero-order valence-electron chi connectivity index (χ0n) is 18.5. The minimum atomic E-state index is -2.35. The lowest BCUT2D eigenvalue weighted by atomic mass is 9.84. The molecule has 9 nitrogen and oxygen atoms in total. The van der Waals surface area contributed by atoms with Crippen LogP contribution in [0.5, 0.6) is 5.75 Å². The van der Waals surface area contributed by atoms with Crippen LogP contribution in [-0.2, 0) is 6.42 Å². The van der Waals surface area contributed by atoms with Gasteiger partial charge in [-0.1, -0.05) is 0 Å². The number of alkyl halides is 2. The number of aliphatic hydroxyl groups excluding tert-OH is 1. The third-order valence-electron chi connectivity index (χ3n) is 7.01. The van der Waals surface area contributed by atoms with Crippen molar-refractivity contribution in [3.8, 4) is 5.75 Å². The number of benzene rings is 1. The zero-order chi connectivity index (χ0) is 23.6. The van der Waals surface area contributed by atoms with Crippen LogP contribution in [-0.4, -0.2) is 80.9 Å². The molecule has 3 aliphatic rings. The van der Waals surface area contributed by atoms with Gasteiger partial charge in [0, 0.05) is 49.6 Å². The Balaban J connectivity index is 1.31. The van der Waals surface area contributed by atoms with E-state index in [9.17, 15) is 18.7 Å². The first kappa shape index (κ1) is 21.2. The molecule has 0 bridgehead atoms. The number of hydrogen-bond donors (Lipinski definition) is 2. The molecule has 34 heavy (non-hydrogen) atoms. The van der Waals surface area contributed by atoms with E-state index < -0.39 is 12.0 Å². The first-order chi connectivity index (χ1) is 16.3. The highest BCUT2D eigenvalue weighted by molar-refractivity contribution is 6.09. The van der Waals surface area contributed by atoms with Crippen molar-refractivity contribution in [2.45, 2.75) is 37.5 Å². The van der Waals surface area contributed by atoms with Crippen LogP contribution >= 0.6 is 0 Å². The summed E-state index contributed by atoms with van der Waals surface area (Å²) in [4.78, 5) is 21.4. The Morgan fingerprint density at radius 1 is 1.35 bits per heavy atom. The summed E-state index contributed by atoms with van der Waals surface area (Å²) in [6, 6.07) is 5.68. The summed E-state index contributed by atoms with van der Waals surface area (Å²) in [6.45, 7) is 2.62. The number of aliphatic hydroxyl groups is 1. The van der Waals surface area contributed by atoms with Gasteiger partial charge in [-0.25, -0.2) is 18.3 Å². The summed E-state index contributed by atoms with van der Waals surface area (Å²) in [7, 11) is 0. The van der Waals surface area contributed by atoms with Crippen molar-refractivity contribution in [1.82, 2.24) is 19.5 Å². The van der Waals surface area contributed by atoms with Gasteiger partial charge in [0.2, 0.25) is 0 Å². The summed E-state index contributed by atoms with van der Waals surface area (Å²) in [6.07, 6.45) is 2.95. The average Bonchev–Trinajstić information content (AvgIpc) is 3.37. The van der Waals surface area contributed by atoms with Crippen LogP contribution in [0.25, 0.3) is 5.65 Å². The van der Waals surface area contributed by atoms with E-state index >= 15 is 0 Å². The summed E-state index contributed by atoms with van der Waals surface area (Å²) in [5, 5.41) is 17.0. The Morgan fingerprint density at radius 3 is 2.94 bits per heavy atom. The van der Waals surface area contributed by atoms with E-state index in [-0.39, 0.29) is 31.1 Å². The maximum atomic E-state index is 13.2. The second kappa shape index (κ2) is 7.60. The lowest BCUT2D eigenvalue weighted by molar-refractivity contribution is -0.0309. The largest absolute Gasteiger partial charge is 0.484 e. The van der Waals surface area contributed by atoms with E-state index in [1.54, 1.807) is 23.4 Å². The number of nitrogens with one attached hydrogen (secondary N) is 1. The van der Waals surface area contributed by atoms with E-state index in [4.69, 9.17) is 4.74 Å². The van der Waals surface area contributed by atoms with Gasteiger partial charge in [-0.05, 0) is 19.1 Å². The number of halogens is 2. The molecule has 2 aromatic heterocycles. The summed E-state index contributed by atoms with van der Waals surface area (Å²) in [5.41, 5.74) is 2.34. The maximum absolute atomic E-state index is 13.2. The third-order valence-corrected chi connectivity index (χ3v) is 7.01. The Labute approximate surface area is 193 Å². The number of carbonyl (C=O) groups excluding carboxylic acids is 1. The molecule has 11 heteroatoms. The second-order valence-corrected chi connectivity index (χ2v) is 9.40. The molecule has 0 radical (unpaired) electrons. The van der Waals surface area contributed by atoms with Crippen LogP contribution < -0.4 is 15.0 Å². The van der Waals surface area contributed by atoms with Gasteiger partial charge in [0.15, 0.2) is 5.65 Å². The number of ether oxygens (including phenoxy) is 1. The highest BCUT2D eigenvalue weighted by Crippen LogP contribution is 2.46. The smallest absolute Gasteiger partial charge is 0.261 e. The van der Waals surface area contributed by atoms with Crippen molar-refractivity contribution >= 4 is 22.9 Å². The Kier molecular flexibility index (Phi) is 4.75. The predicted molar refractivity (Wildman–Crippen MR) is 120 cm³/mol. The number of piperazine rings is 1. The highest BCUT2D eigenvalue weighted by Gasteiger charge is 2.52. The lowest BCUT2D eigenvalue weighted by Crippen LogP contribution is -2.79. The number of anilines is 2. The molecule has 1 aromatic carbocycles. The molecule has 178 valence electrons. The van der Waals surface area contributed by atoms with Gasteiger partial charge < -0.3 is 20.1 Å². The number of nitrogens with zero attached hydrogens (tertiary/aromatic N) is 5. The van der Waals surface area contributed by atoms with Crippen LogP contribution in [0.1, 0.15) is 22.8 Å². The monoisotopic (exact) mass is 470 g/mol.